The Hall–Kier alpha value is -4.01. The van der Waals surface area contributed by atoms with Crippen molar-refractivity contribution in [2.24, 2.45) is 0 Å². The summed E-state index contributed by atoms with van der Waals surface area (Å²) < 4.78 is 5.94. The van der Waals surface area contributed by atoms with Crippen LogP contribution in [0.5, 0.6) is 5.75 Å². The molecule has 0 aliphatic heterocycles. The van der Waals surface area contributed by atoms with Crippen molar-refractivity contribution in [1.82, 2.24) is 10.3 Å². The zero-order valence-electron chi connectivity index (χ0n) is 22.1. The van der Waals surface area contributed by atoms with Gasteiger partial charge < -0.3 is 20.1 Å². The first-order valence-electron chi connectivity index (χ1n) is 12.6. The first-order valence-corrected chi connectivity index (χ1v) is 12.6. The molecule has 0 aliphatic rings. The quantitative estimate of drug-likeness (QED) is 0.292. The van der Waals surface area contributed by atoms with Gasteiger partial charge in [0.15, 0.2) is 0 Å². The predicted octanol–water partition coefficient (Wildman–Crippen LogP) is 5.61. The van der Waals surface area contributed by atoms with Gasteiger partial charge in [-0.3, -0.25) is 4.79 Å². The van der Waals surface area contributed by atoms with Gasteiger partial charge in [-0.2, -0.15) is 0 Å². The fourth-order valence-electron chi connectivity index (χ4n) is 4.64. The summed E-state index contributed by atoms with van der Waals surface area (Å²) in [5.41, 5.74) is 7.65. The second-order valence-corrected chi connectivity index (χ2v) is 9.82. The maximum Gasteiger partial charge on any atom is 0.255 e. The van der Waals surface area contributed by atoms with Gasteiger partial charge in [0, 0.05) is 28.2 Å². The lowest BCUT2D eigenvalue weighted by Gasteiger charge is -2.19. The smallest absolute Gasteiger partial charge is 0.255 e. The Balaban J connectivity index is 1.61. The van der Waals surface area contributed by atoms with Crippen LogP contribution in [0.15, 0.2) is 60.8 Å². The van der Waals surface area contributed by atoms with Gasteiger partial charge in [0.1, 0.15) is 5.75 Å². The lowest BCUT2D eigenvalue weighted by atomic mass is 9.99. The van der Waals surface area contributed by atoms with E-state index in [9.17, 15) is 9.90 Å². The first-order chi connectivity index (χ1) is 17.7. The van der Waals surface area contributed by atoms with Crippen LogP contribution in [0.2, 0.25) is 0 Å². The van der Waals surface area contributed by atoms with E-state index in [1.54, 1.807) is 12.1 Å². The van der Waals surface area contributed by atoms with Gasteiger partial charge in [-0.05, 0) is 82.0 Å². The molecular weight excluding hydrogens is 460 g/mol. The lowest BCUT2D eigenvalue weighted by Crippen LogP contribution is -2.39. The molecule has 5 heteroatoms. The topological polar surface area (TPSA) is 74.3 Å². The summed E-state index contributed by atoms with van der Waals surface area (Å²) in [5.74, 6) is 6.69. The number of benzene rings is 3. The van der Waals surface area contributed by atoms with Crippen molar-refractivity contribution in [2.45, 2.75) is 53.2 Å². The molecular formula is C32H34N2O3. The number of aromatic amines is 1. The number of hydrogen-bond donors (Lipinski definition) is 3. The third-order valence-corrected chi connectivity index (χ3v) is 6.29. The fraction of sp³-hybridized carbons (Fsp3) is 0.281. The van der Waals surface area contributed by atoms with E-state index >= 15 is 0 Å². The molecule has 4 rings (SSSR count). The van der Waals surface area contributed by atoms with Crippen LogP contribution < -0.4 is 10.1 Å². The highest BCUT2D eigenvalue weighted by molar-refractivity contribution is 5.97. The zero-order valence-corrected chi connectivity index (χ0v) is 22.1. The molecule has 1 heterocycles. The number of hydrogen-bond acceptors (Lipinski definition) is 3. The fourth-order valence-corrected chi connectivity index (χ4v) is 4.64. The molecule has 5 nitrogen and oxygen atoms in total. The Morgan fingerprint density at radius 3 is 2.46 bits per heavy atom. The van der Waals surface area contributed by atoms with Crippen LogP contribution in [0.25, 0.3) is 10.9 Å². The first kappa shape index (κ1) is 26.1. The minimum absolute atomic E-state index is 0.0961. The molecule has 0 aliphatic carbocycles. The largest absolute Gasteiger partial charge is 0.490 e. The number of aromatic nitrogens is 1. The van der Waals surface area contributed by atoms with Crippen molar-refractivity contribution in [3.8, 4) is 17.6 Å². The van der Waals surface area contributed by atoms with Gasteiger partial charge >= 0.3 is 0 Å². The monoisotopic (exact) mass is 494 g/mol. The number of fused-ring (bicyclic) bond motifs is 1. The molecule has 4 aromatic rings. The van der Waals surface area contributed by atoms with Gasteiger partial charge in [0.2, 0.25) is 0 Å². The Morgan fingerprint density at radius 2 is 1.76 bits per heavy atom. The molecule has 1 unspecified atom stereocenters. The summed E-state index contributed by atoms with van der Waals surface area (Å²) in [6.07, 6.45) is 2.33. The van der Waals surface area contributed by atoms with Crippen LogP contribution in [-0.2, 0) is 6.42 Å². The second kappa shape index (κ2) is 11.4. The summed E-state index contributed by atoms with van der Waals surface area (Å²) in [6, 6.07) is 17.2. The van der Waals surface area contributed by atoms with Crippen molar-refractivity contribution >= 4 is 16.8 Å². The standard InChI is InChI=1S/C32H34N2O3/c1-20(2)37-31-13-11-24(10-12-27-22(4)14-21(3)15-23(27)5)16-29(31)32(36)34-26(19-35)17-25-18-33-30-9-7-6-8-28(25)30/h6-9,11,13-16,18,20,26,33,35H,17,19H2,1-5H3,(H,34,36). The van der Waals surface area contributed by atoms with Gasteiger partial charge in [-0.25, -0.2) is 0 Å². The number of carbonyl (C=O) groups is 1. The van der Waals surface area contributed by atoms with E-state index in [0.29, 0.717) is 17.7 Å². The summed E-state index contributed by atoms with van der Waals surface area (Å²) in [5, 5.41) is 14.1. The van der Waals surface area contributed by atoms with Gasteiger partial charge in [0.25, 0.3) is 5.91 Å². The minimum atomic E-state index is -0.453. The van der Waals surface area contributed by atoms with Crippen molar-refractivity contribution < 1.29 is 14.6 Å². The molecule has 0 fully saturated rings. The van der Waals surface area contributed by atoms with E-state index in [1.807, 2.05) is 50.4 Å². The van der Waals surface area contributed by atoms with E-state index in [0.717, 1.165) is 38.7 Å². The average Bonchev–Trinajstić information content (AvgIpc) is 3.26. The maximum absolute atomic E-state index is 13.4. The van der Waals surface area contributed by atoms with Crippen molar-refractivity contribution in [3.05, 3.63) is 99.7 Å². The molecule has 1 amide bonds. The van der Waals surface area contributed by atoms with Crippen LogP contribution >= 0.6 is 0 Å². The van der Waals surface area contributed by atoms with Gasteiger partial charge in [0.05, 0.1) is 24.3 Å². The van der Waals surface area contributed by atoms with Crippen LogP contribution in [0.1, 0.15) is 57.6 Å². The number of carbonyl (C=O) groups excluding carboxylic acids is 1. The molecule has 3 N–H and O–H groups in total. The summed E-state index contributed by atoms with van der Waals surface area (Å²) >= 11 is 0. The van der Waals surface area contributed by atoms with E-state index in [1.165, 1.54) is 5.56 Å². The number of amides is 1. The highest BCUT2D eigenvalue weighted by Crippen LogP contribution is 2.23. The third kappa shape index (κ3) is 6.22. The molecule has 1 aromatic heterocycles. The lowest BCUT2D eigenvalue weighted by molar-refractivity contribution is 0.0910. The molecule has 3 aromatic carbocycles. The second-order valence-electron chi connectivity index (χ2n) is 9.82. The predicted molar refractivity (Wildman–Crippen MR) is 149 cm³/mol. The molecule has 1 atom stereocenters. The van der Waals surface area contributed by atoms with Crippen molar-refractivity contribution in [1.29, 1.82) is 0 Å². The zero-order chi connectivity index (χ0) is 26.5. The number of aliphatic hydroxyl groups is 1. The Kier molecular flexibility index (Phi) is 8.01. The summed E-state index contributed by atoms with van der Waals surface area (Å²) in [7, 11) is 0. The Labute approximate surface area is 218 Å². The number of nitrogens with one attached hydrogen (secondary N) is 2. The molecule has 0 saturated carbocycles. The van der Waals surface area contributed by atoms with Crippen LogP contribution in [0.4, 0.5) is 0 Å². The number of aryl methyl sites for hydroxylation is 3. The molecule has 37 heavy (non-hydrogen) atoms. The maximum atomic E-state index is 13.4. The molecule has 0 radical (unpaired) electrons. The van der Waals surface area contributed by atoms with Gasteiger partial charge in [-0.1, -0.05) is 47.7 Å². The van der Waals surface area contributed by atoms with Crippen LogP contribution in [-0.4, -0.2) is 34.8 Å². The average molecular weight is 495 g/mol. The highest BCUT2D eigenvalue weighted by atomic mass is 16.5. The third-order valence-electron chi connectivity index (χ3n) is 6.29. The van der Waals surface area contributed by atoms with E-state index in [2.05, 4.69) is 55.0 Å². The number of para-hydroxylation sites is 1. The number of ether oxygens (including phenoxy) is 1. The summed E-state index contributed by atoms with van der Waals surface area (Å²) in [6.45, 7) is 9.86. The Bertz CT molecular complexity index is 1460. The van der Waals surface area contributed by atoms with Gasteiger partial charge in [-0.15, -0.1) is 0 Å². The number of H-pyrrole nitrogens is 1. The van der Waals surface area contributed by atoms with E-state index in [4.69, 9.17) is 4.74 Å². The molecule has 0 spiro atoms. The van der Waals surface area contributed by atoms with Crippen molar-refractivity contribution in [3.63, 3.8) is 0 Å². The SMILES string of the molecule is Cc1cc(C)c(C#Cc2ccc(OC(C)C)c(C(=O)NC(CO)Cc3c[nH]c4ccccc34)c2)c(C)c1. The molecule has 0 bridgehead atoms. The van der Waals surface area contributed by atoms with E-state index in [-0.39, 0.29) is 18.6 Å². The Morgan fingerprint density at radius 1 is 1.03 bits per heavy atom. The van der Waals surface area contributed by atoms with Crippen LogP contribution in [0.3, 0.4) is 0 Å². The normalized spacial score (nSPS) is 11.8. The van der Waals surface area contributed by atoms with E-state index < -0.39 is 6.04 Å². The van der Waals surface area contributed by atoms with Crippen molar-refractivity contribution in [2.75, 3.05) is 6.61 Å². The highest BCUT2D eigenvalue weighted by Gasteiger charge is 2.19. The minimum Gasteiger partial charge on any atom is -0.490 e. The molecule has 0 saturated heterocycles. The number of rotatable bonds is 7. The molecule has 190 valence electrons. The number of aliphatic hydroxyl groups excluding tert-OH is 1. The van der Waals surface area contributed by atoms with Crippen LogP contribution in [0, 0.1) is 32.6 Å². The summed E-state index contributed by atoms with van der Waals surface area (Å²) in [4.78, 5) is 16.7.